The summed E-state index contributed by atoms with van der Waals surface area (Å²) < 4.78 is 67.2. The fourth-order valence-corrected chi connectivity index (χ4v) is 4.66. The smallest absolute Gasteiger partial charge is 0.410 e. The van der Waals surface area contributed by atoms with Crippen LogP contribution >= 0.6 is 0 Å². The van der Waals surface area contributed by atoms with Crippen LogP contribution in [0.5, 0.6) is 0 Å². The predicted octanol–water partition coefficient (Wildman–Crippen LogP) is 5.32. The van der Waals surface area contributed by atoms with Crippen LogP contribution < -0.4 is 0 Å². The third-order valence-electron chi connectivity index (χ3n) is 6.34. The van der Waals surface area contributed by atoms with E-state index in [1.807, 2.05) is 0 Å². The standard InChI is InChI=1S/C23H30F4N4O3/c1-13-11-16(17-12-30(9-10-33-17)21(32)34-22(2,3)4)31-20(28-13)18(24)19(29-31)14-5-7-15(8-6-14)23(25,26)27/h11,14-15,17H,5-10,12H2,1-4H3/t14?,15?,17-/m0/s1. The van der Waals surface area contributed by atoms with Crippen molar-refractivity contribution in [3.05, 3.63) is 29.0 Å². The van der Waals surface area contributed by atoms with E-state index in [9.17, 15) is 18.0 Å². The molecule has 2 fully saturated rings. The first kappa shape index (κ1) is 24.7. The summed E-state index contributed by atoms with van der Waals surface area (Å²) in [5, 5.41) is 4.45. The van der Waals surface area contributed by atoms with Crippen molar-refractivity contribution in [2.75, 3.05) is 19.7 Å². The topological polar surface area (TPSA) is 69.0 Å². The number of halogens is 4. The van der Waals surface area contributed by atoms with Crippen LogP contribution in [0.25, 0.3) is 5.65 Å². The first-order chi connectivity index (χ1) is 15.8. The van der Waals surface area contributed by atoms with Crippen molar-refractivity contribution in [3.63, 3.8) is 0 Å². The Bertz CT molecular complexity index is 1060. The van der Waals surface area contributed by atoms with Crippen molar-refractivity contribution >= 4 is 11.7 Å². The average molecular weight is 487 g/mol. The van der Waals surface area contributed by atoms with Gasteiger partial charge in [-0.1, -0.05) is 0 Å². The molecule has 0 radical (unpaired) electrons. The SMILES string of the molecule is Cc1cc([C@@H]2CN(C(=O)OC(C)(C)C)CCO2)n2nc(C3CCC(C(F)(F)F)CC3)c(F)c2n1. The van der Waals surface area contributed by atoms with Crippen LogP contribution in [0.2, 0.25) is 0 Å². The van der Waals surface area contributed by atoms with E-state index in [0.717, 1.165) is 0 Å². The fraction of sp³-hybridized carbons (Fsp3) is 0.696. The summed E-state index contributed by atoms with van der Waals surface area (Å²) >= 11 is 0. The Hall–Kier alpha value is -2.43. The van der Waals surface area contributed by atoms with Crippen LogP contribution in [0.3, 0.4) is 0 Å². The van der Waals surface area contributed by atoms with Gasteiger partial charge in [-0.3, -0.25) is 0 Å². The molecule has 4 rings (SSSR count). The van der Waals surface area contributed by atoms with Crippen LogP contribution in [0.15, 0.2) is 6.07 Å². The fourth-order valence-electron chi connectivity index (χ4n) is 4.66. The second-order valence-corrected chi connectivity index (χ2v) is 10.1. The Morgan fingerprint density at radius 2 is 1.85 bits per heavy atom. The van der Waals surface area contributed by atoms with Gasteiger partial charge in [0, 0.05) is 18.2 Å². The Morgan fingerprint density at radius 1 is 1.18 bits per heavy atom. The summed E-state index contributed by atoms with van der Waals surface area (Å²) in [6, 6.07) is 1.73. The minimum atomic E-state index is -4.23. The van der Waals surface area contributed by atoms with E-state index in [2.05, 4.69) is 10.1 Å². The third-order valence-corrected chi connectivity index (χ3v) is 6.34. The number of morpholine rings is 1. The van der Waals surface area contributed by atoms with Gasteiger partial charge >= 0.3 is 12.3 Å². The highest BCUT2D eigenvalue weighted by Gasteiger charge is 2.42. The maximum atomic E-state index is 15.4. The molecule has 0 spiro atoms. The molecular weight excluding hydrogens is 456 g/mol. The number of ether oxygens (including phenoxy) is 2. The summed E-state index contributed by atoms with van der Waals surface area (Å²) in [6.45, 7) is 7.91. The number of aromatic nitrogens is 3. The number of carbonyl (C=O) groups excluding carboxylic acids is 1. The number of hydrogen-bond donors (Lipinski definition) is 0. The Labute approximate surface area is 195 Å². The van der Waals surface area contributed by atoms with Gasteiger partial charge in [-0.2, -0.15) is 18.3 Å². The minimum Gasteiger partial charge on any atom is -0.444 e. The first-order valence-electron chi connectivity index (χ1n) is 11.6. The van der Waals surface area contributed by atoms with Gasteiger partial charge in [-0.05, 0) is 59.4 Å². The van der Waals surface area contributed by atoms with E-state index >= 15 is 4.39 Å². The van der Waals surface area contributed by atoms with E-state index in [-0.39, 0.29) is 50.2 Å². The summed E-state index contributed by atoms with van der Waals surface area (Å²) in [6.07, 6.45) is -4.94. The maximum absolute atomic E-state index is 15.4. The van der Waals surface area contributed by atoms with Gasteiger partial charge in [0.05, 0.1) is 24.8 Å². The first-order valence-corrected chi connectivity index (χ1v) is 11.6. The third kappa shape index (κ3) is 5.13. The molecule has 0 N–H and O–H groups in total. The van der Waals surface area contributed by atoms with Crippen molar-refractivity contribution in [2.24, 2.45) is 5.92 Å². The highest BCUT2D eigenvalue weighted by molar-refractivity contribution is 5.68. The number of rotatable bonds is 2. The van der Waals surface area contributed by atoms with Gasteiger partial charge in [0.2, 0.25) is 0 Å². The van der Waals surface area contributed by atoms with Crippen molar-refractivity contribution in [1.82, 2.24) is 19.5 Å². The zero-order valence-corrected chi connectivity index (χ0v) is 19.8. The van der Waals surface area contributed by atoms with Crippen molar-refractivity contribution < 1.29 is 31.8 Å². The summed E-state index contributed by atoms with van der Waals surface area (Å²) in [7, 11) is 0. The zero-order chi connectivity index (χ0) is 24.8. The number of amides is 1. The zero-order valence-electron chi connectivity index (χ0n) is 19.8. The molecule has 2 aliphatic rings. The largest absolute Gasteiger partial charge is 0.444 e. The lowest BCUT2D eigenvalue weighted by Crippen LogP contribution is -2.45. The van der Waals surface area contributed by atoms with E-state index < -0.39 is 41.6 Å². The number of aryl methyl sites for hydroxylation is 1. The van der Waals surface area contributed by atoms with Gasteiger partial charge in [-0.25, -0.2) is 18.7 Å². The molecule has 0 aromatic carbocycles. The minimum absolute atomic E-state index is 0.0148. The molecule has 188 valence electrons. The van der Waals surface area contributed by atoms with E-state index in [1.165, 1.54) is 4.52 Å². The summed E-state index contributed by atoms with van der Waals surface area (Å²) in [5.41, 5.74) is 0.591. The molecule has 1 aliphatic heterocycles. The monoisotopic (exact) mass is 486 g/mol. The Morgan fingerprint density at radius 3 is 2.47 bits per heavy atom. The van der Waals surface area contributed by atoms with Crippen LogP contribution in [-0.2, 0) is 9.47 Å². The highest BCUT2D eigenvalue weighted by atomic mass is 19.4. The van der Waals surface area contributed by atoms with E-state index in [4.69, 9.17) is 9.47 Å². The van der Waals surface area contributed by atoms with Gasteiger partial charge in [0.25, 0.3) is 0 Å². The number of nitrogens with zero attached hydrogens (tertiary/aromatic N) is 4. The predicted molar refractivity (Wildman–Crippen MR) is 115 cm³/mol. The van der Waals surface area contributed by atoms with Crippen LogP contribution in [0.1, 0.15) is 75.6 Å². The molecule has 1 saturated carbocycles. The lowest BCUT2D eigenvalue weighted by atomic mass is 9.80. The summed E-state index contributed by atoms with van der Waals surface area (Å²) in [5.74, 6) is -2.37. The molecule has 0 bridgehead atoms. The lowest BCUT2D eigenvalue weighted by Gasteiger charge is -2.34. The molecule has 7 nitrogen and oxygen atoms in total. The molecular formula is C23H30F4N4O3. The lowest BCUT2D eigenvalue weighted by molar-refractivity contribution is -0.182. The molecule has 1 aliphatic carbocycles. The van der Waals surface area contributed by atoms with Gasteiger partial charge < -0.3 is 14.4 Å². The Kier molecular flexibility index (Phi) is 6.52. The highest BCUT2D eigenvalue weighted by Crippen LogP contribution is 2.43. The van der Waals surface area contributed by atoms with Crippen LogP contribution in [-0.4, -0.2) is 57.1 Å². The van der Waals surface area contributed by atoms with E-state index in [0.29, 0.717) is 17.9 Å². The molecule has 1 saturated heterocycles. The number of fused-ring (bicyclic) bond motifs is 1. The van der Waals surface area contributed by atoms with Gasteiger partial charge in [0.15, 0.2) is 11.5 Å². The number of alkyl halides is 3. The molecule has 1 atom stereocenters. The van der Waals surface area contributed by atoms with Crippen molar-refractivity contribution in [2.45, 2.75) is 77.2 Å². The van der Waals surface area contributed by atoms with Gasteiger partial charge in [0.1, 0.15) is 17.4 Å². The van der Waals surface area contributed by atoms with Gasteiger partial charge in [-0.15, -0.1) is 0 Å². The van der Waals surface area contributed by atoms with E-state index in [1.54, 1.807) is 38.7 Å². The Balaban J connectivity index is 1.60. The normalized spacial score (nSPS) is 24.5. The van der Waals surface area contributed by atoms with Crippen molar-refractivity contribution in [3.8, 4) is 0 Å². The molecule has 1 amide bonds. The van der Waals surface area contributed by atoms with Crippen molar-refractivity contribution in [1.29, 1.82) is 0 Å². The number of carbonyl (C=O) groups is 1. The van der Waals surface area contributed by atoms with Crippen LogP contribution in [0.4, 0.5) is 22.4 Å². The molecule has 0 unspecified atom stereocenters. The molecule has 11 heteroatoms. The average Bonchev–Trinajstić information content (AvgIpc) is 3.08. The quantitative estimate of drug-likeness (QED) is 0.538. The molecule has 3 heterocycles. The molecule has 2 aromatic heterocycles. The maximum Gasteiger partial charge on any atom is 0.410 e. The second kappa shape index (κ2) is 8.98. The number of hydrogen-bond acceptors (Lipinski definition) is 5. The molecule has 2 aromatic rings. The second-order valence-electron chi connectivity index (χ2n) is 10.1. The van der Waals surface area contributed by atoms with Crippen LogP contribution in [0, 0.1) is 18.7 Å². The molecule has 34 heavy (non-hydrogen) atoms. The summed E-state index contributed by atoms with van der Waals surface area (Å²) in [4.78, 5) is 18.4.